The number of hydrogen-bond acceptors (Lipinski definition) is 4. The first-order valence-corrected chi connectivity index (χ1v) is 12.5. The monoisotopic (exact) mass is 473 g/mol. The van der Waals surface area contributed by atoms with Crippen LogP contribution in [0.5, 0.6) is 0 Å². The molecule has 6 heteroatoms. The third-order valence-electron chi connectivity index (χ3n) is 7.18. The van der Waals surface area contributed by atoms with Gasteiger partial charge in [-0.3, -0.25) is 14.6 Å². The van der Waals surface area contributed by atoms with E-state index >= 15 is 0 Å². The fraction of sp³-hybridized carbons (Fsp3) is 0.448. The smallest absolute Gasteiger partial charge is 0.325 e. The van der Waals surface area contributed by atoms with Gasteiger partial charge in [-0.25, -0.2) is 4.79 Å². The van der Waals surface area contributed by atoms with Crippen molar-refractivity contribution in [1.29, 1.82) is 0 Å². The lowest BCUT2D eigenvalue weighted by Gasteiger charge is -2.41. The van der Waals surface area contributed by atoms with Gasteiger partial charge in [-0.05, 0) is 88.7 Å². The number of hydrogen-bond donors (Lipinski definition) is 1. The summed E-state index contributed by atoms with van der Waals surface area (Å²) in [6.45, 7) is 6.65. The molecule has 2 aromatic rings. The van der Waals surface area contributed by atoms with E-state index in [9.17, 15) is 9.59 Å². The second kappa shape index (κ2) is 11.4. The molecule has 6 nitrogen and oxygen atoms in total. The summed E-state index contributed by atoms with van der Waals surface area (Å²) in [4.78, 5) is 30.2. The van der Waals surface area contributed by atoms with Crippen LogP contribution in [0.3, 0.4) is 0 Å². The highest BCUT2D eigenvalue weighted by molar-refractivity contribution is 6.07. The second-order valence-corrected chi connectivity index (χ2v) is 9.62. The number of imide groups is 1. The van der Waals surface area contributed by atoms with Crippen LogP contribution in [-0.4, -0.2) is 53.5 Å². The van der Waals surface area contributed by atoms with Crippen molar-refractivity contribution in [2.24, 2.45) is 5.92 Å². The van der Waals surface area contributed by atoms with Crippen molar-refractivity contribution < 1.29 is 14.0 Å². The Bertz CT molecular complexity index is 1090. The van der Waals surface area contributed by atoms with Gasteiger partial charge in [-0.1, -0.05) is 41.8 Å². The lowest BCUT2D eigenvalue weighted by atomic mass is 9.74. The molecule has 2 saturated heterocycles. The molecule has 3 heterocycles. The van der Waals surface area contributed by atoms with Gasteiger partial charge in [0.25, 0.3) is 5.91 Å². The van der Waals surface area contributed by atoms with E-state index in [1.165, 1.54) is 16.0 Å². The lowest BCUT2D eigenvalue weighted by molar-refractivity contribution is -0.134. The minimum absolute atomic E-state index is 0.106. The molecule has 184 valence electrons. The van der Waals surface area contributed by atoms with E-state index in [-0.39, 0.29) is 24.4 Å². The molecule has 2 aliphatic rings. The molecule has 0 bridgehead atoms. The predicted octanol–water partition coefficient (Wildman–Crippen LogP) is 4.73. The molecule has 3 amide bonds. The minimum atomic E-state index is -0.841. The summed E-state index contributed by atoms with van der Waals surface area (Å²) in [5.41, 5.74) is 1.65. The number of furan rings is 1. The summed E-state index contributed by atoms with van der Waals surface area (Å²) < 4.78 is 5.43. The highest BCUT2D eigenvalue weighted by Crippen LogP contribution is 2.37. The molecule has 2 aliphatic heterocycles. The summed E-state index contributed by atoms with van der Waals surface area (Å²) in [5.74, 6) is 6.57. The Morgan fingerprint density at radius 3 is 2.63 bits per heavy atom. The molecular weight excluding hydrogens is 438 g/mol. The van der Waals surface area contributed by atoms with Crippen LogP contribution in [0.1, 0.15) is 50.9 Å². The van der Waals surface area contributed by atoms with Crippen LogP contribution in [0.2, 0.25) is 0 Å². The largest absolute Gasteiger partial charge is 0.465 e. The number of rotatable bonds is 9. The Morgan fingerprint density at radius 1 is 1.17 bits per heavy atom. The van der Waals surface area contributed by atoms with E-state index in [0.29, 0.717) is 6.42 Å². The van der Waals surface area contributed by atoms with E-state index in [0.717, 1.165) is 51.1 Å². The molecular formula is C29H35N3O3. The van der Waals surface area contributed by atoms with Crippen LogP contribution in [-0.2, 0) is 11.2 Å². The van der Waals surface area contributed by atoms with Crippen LogP contribution >= 0.6 is 0 Å². The average molecular weight is 474 g/mol. The Hall–Kier alpha value is -3.30. The van der Waals surface area contributed by atoms with Crippen molar-refractivity contribution in [2.45, 2.75) is 51.5 Å². The third kappa shape index (κ3) is 5.86. The lowest BCUT2D eigenvalue weighted by Crippen LogP contribution is -2.56. The van der Waals surface area contributed by atoms with Gasteiger partial charge in [0.1, 0.15) is 11.3 Å². The highest BCUT2D eigenvalue weighted by Gasteiger charge is 2.55. The summed E-state index contributed by atoms with van der Waals surface area (Å²) in [6.07, 6.45) is 7.88. The molecule has 1 N–H and O–H groups in total. The molecule has 0 radical (unpaired) electrons. The number of likely N-dealkylation sites (tertiary alicyclic amines) is 1. The van der Waals surface area contributed by atoms with Gasteiger partial charge in [0.05, 0.1) is 12.8 Å². The first kappa shape index (κ1) is 24.8. The standard InChI is InChI=1S/C29H35N3O3/c1-3-4-17-32-27(33)29(30-28(32)34,16-8-12-24-10-6-5-7-11-24)25-14-18-31(19-15-25)22-23(2)21-26-13-9-20-35-26/h5-7,9-11,13,20-21,25H,8,12,14-19,22H2,1-2H3,(H,30,34)/b23-21+. The Kier molecular flexibility index (Phi) is 8.09. The average Bonchev–Trinajstić information content (AvgIpc) is 3.45. The Balaban J connectivity index is 1.44. The SMILES string of the molecule is CC#CCN1C(=O)NC(CCCc2ccccc2)(C2CCN(C/C(C)=C/c3ccco3)CC2)C1=O. The van der Waals surface area contributed by atoms with Crippen LogP contribution in [0.15, 0.2) is 58.7 Å². The zero-order valence-electron chi connectivity index (χ0n) is 20.8. The molecule has 0 saturated carbocycles. The molecule has 2 fully saturated rings. The topological polar surface area (TPSA) is 65.8 Å². The summed E-state index contributed by atoms with van der Waals surface area (Å²) in [5, 5.41) is 3.14. The van der Waals surface area contributed by atoms with Gasteiger partial charge in [0.15, 0.2) is 0 Å². The van der Waals surface area contributed by atoms with Crippen LogP contribution < -0.4 is 5.32 Å². The quantitative estimate of drug-likeness (QED) is 0.422. The molecule has 1 unspecified atom stereocenters. The van der Waals surface area contributed by atoms with Crippen molar-refractivity contribution >= 4 is 18.0 Å². The summed E-state index contributed by atoms with van der Waals surface area (Å²) in [6, 6.07) is 13.9. The number of carbonyl (C=O) groups is 2. The van der Waals surface area contributed by atoms with E-state index < -0.39 is 5.54 Å². The summed E-state index contributed by atoms with van der Waals surface area (Å²) in [7, 11) is 0. The molecule has 1 atom stereocenters. The number of urea groups is 1. The van der Waals surface area contributed by atoms with Crippen LogP contribution in [0, 0.1) is 17.8 Å². The van der Waals surface area contributed by atoms with Gasteiger partial charge in [-0.15, -0.1) is 5.92 Å². The normalized spacial score (nSPS) is 21.7. The maximum Gasteiger partial charge on any atom is 0.325 e. The van der Waals surface area contributed by atoms with Crippen molar-refractivity contribution in [3.8, 4) is 11.8 Å². The molecule has 0 spiro atoms. The van der Waals surface area contributed by atoms with Crippen molar-refractivity contribution in [1.82, 2.24) is 15.1 Å². The number of nitrogens with zero attached hydrogens (tertiary/aromatic N) is 2. The van der Waals surface area contributed by atoms with Gasteiger partial charge >= 0.3 is 6.03 Å². The van der Waals surface area contributed by atoms with Gasteiger partial charge in [-0.2, -0.15) is 0 Å². The zero-order chi connectivity index (χ0) is 24.7. The van der Waals surface area contributed by atoms with E-state index in [4.69, 9.17) is 4.42 Å². The van der Waals surface area contributed by atoms with E-state index in [1.807, 2.05) is 30.3 Å². The fourth-order valence-electron chi connectivity index (χ4n) is 5.41. The predicted molar refractivity (Wildman–Crippen MR) is 137 cm³/mol. The zero-order valence-corrected chi connectivity index (χ0v) is 20.8. The van der Waals surface area contributed by atoms with E-state index in [2.05, 4.69) is 47.2 Å². The molecule has 1 aromatic heterocycles. The number of amides is 3. The number of piperidine rings is 1. The van der Waals surface area contributed by atoms with Gasteiger partial charge < -0.3 is 9.73 Å². The highest BCUT2D eigenvalue weighted by atomic mass is 16.3. The fourth-order valence-corrected chi connectivity index (χ4v) is 5.41. The maximum atomic E-state index is 13.7. The molecule has 1 aromatic carbocycles. The number of nitrogens with one attached hydrogen (secondary N) is 1. The minimum Gasteiger partial charge on any atom is -0.465 e. The Labute approximate surface area is 208 Å². The maximum absolute atomic E-state index is 13.7. The van der Waals surface area contributed by atoms with Crippen molar-refractivity contribution in [3.63, 3.8) is 0 Å². The number of aryl methyl sites for hydroxylation is 1. The third-order valence-corrected chi connectivity index (χ3v) is 7.18. The first-order valence-electron chi connectivity index (χ1n) is 12.5. The number of carbonyl (C=O) groups excluding carboxylic acids is 2. The van der Waals surface area contributed by atoms with Crippen LogP contribution in [0.4, 0.5) is 4.79 Å². The van der Waals surface area contributed by atoms with Gasteiger partial charge in [0, 0.05) is 6.54 Å². The molecule has 35 heavy (non-hydrogen) atoms. The molecule has 4 rings (SSSR count). The summed E-state index contributed by atoms with van der Waals surface area (Å²) >= 11 is 0. The van der Waals surface area contributed by atoms with Gasteiger partial charge in [0.2, 0.25) is 0 Å². The Morgan fingerprint density at radius 2 is 1.94 bits per heavy atom. The number of benzene rings is 1. The van der Waals surface area contributed by atoms with Crippen molar-refractivity contribution in [2.75, 3.05) is 26.2 Å². The molecule has 0 aliphatic carbocycles. The second-order valence-electron chi connectivity index (χ2n) is 9.62. The van der Waals surface area contributed by atoms with Crippen LogP contribution in [0.25, 0.3) is 6.08 Å². The first-order chi connectivity index (χ1) is 17.0. The van der Waals surface area contributed by atoms with Crippen molar-refractivity contribution in [3.05, 3.63) is 65.6 Å². The van der Waals surface area contributed by atoms with E-state index in [1.54, 1.807) is 13.2 Å².